The zero-order chi connectivity index (χ0) is 12.9. The van der Waals surface area contributed by atoms with Gasteiger partial charge in [0.2, 0.25) is 0 Å². The molecule has 0 atom stereocenters. The molecule has 1 aliphatic heterocycles. The fourth-order valence-electron chi connectivity index (χ4n) is 2.15. The number of rotatable bonds is 4. The number of hydrogen-bond donors (Lipinski definition) is 1. The zero-order valence-corrected chi connectivity index (χ0v) is 11.1. The van der Waals surface area contributed by atoms with Gasteiger partial charge in [-0.1, -0.05) is 0 Å². The van der Waals surface area contributed by atoms with Gasteiger partial charge >= 0.3 is 6.03 Å². The number of amides is 2. The quantitative estimate of drug-likeness (QED) is 0.800. The van der Waals surface area contributed by atoms with Crippen molar-refractivity contribution in [2.45, 2.75) is 32.3 Å². The molecule has 0 aromatic rings. The maximum Gasteiger partial charge on any atom is 0.319 e. The normalized spacial score (nSPS) is 18.8. The summed E-state index contributed by atoms with van der Waals surface area (Å²) in [6.45, 7) is 6.83. The van der Waals surface area contributed by atoms with Crippen LogP contribution in [0.25, 0.3) is 0 Å². The van der Waals surface area contributed by atoms with Gasteiger partial charge in [0.1, 0.15) is 0 Å². The number of ether oxygens (including phenoxy) is 1. The molecule has 1 fully saturated rings. The lowest BCUT2D eigenvalue weighted by molar-refractivity contribution is -0.0733. The Labute approximate surface area is 103 Å². The van der Waals surface area contributed by atoms with Crippen molar-refractivity contribution in [1.82, 2.24) is 9.80 Å². The summed E-state index contributed by atoms with van der Waals surface area (Å²) in [6.07, 6.45) is 1.20. The second-order valence-corrected chi connectivity index (χ2v) is 4.65. The van der Waals surface area contributed by atoms with Gasteiger partial charge in [0.05, 0.1) is 12.1 Å². The number of hydrogen-bond acceptors (Lipinski definition) is 3. The van der Waals surface area contributed by atoms with Crippen LogP contribution in [0.5, 0.6) is 0 Å². The van der Waals surface area contributed by atoms with Crippen LogP contribution in [-0.4, -0.2) is 66.4 Å². The molecule has 1 saturated heterocycles. The highest BCUT2D eigenvalue weighted by Gasteiger charge is 2.33. The topological polar surface area (TPSA) is 53.0 Å². The lowest BCUT2D eigenvalue weighted by atomic mass is 9.94. The molecule has 100 valence electrons. The van der Waals surface area contributed by atoms with Crippen LogP contribution in [-0.2, 0) is 4.74 Å². The van der Waals surface area contributed by atoms with Crippen molar-refractivity contribution in [3.05, 3.63) is 0 Å². The third-order valence-corrected chi connectivity index (χ3v) is 3.32. The highest BCUT2D eigenvalue weighted by molar-refractivity contribution is 5.74. The smallest absolute Gasteiger partial charge is 0.319 e. The van der Waals surface area contributed by atoms with Crippen molar-refractivity contribution in [2.24, 2.45) is 0 Å². The molecule has 0 spiro atoms. The first kappa shape index (κ1) is 14.3. The van der Waals surface area contributed by atoms with E-state index in [4.69, 9.17) is 4.74 Å². The molecule has 0 saturated carbocycles. The lowest BCUT2D eigenvalue weighted by Gasteiger charge is -2.36. The van der Waals surface area contributed by atoms with Crippen LogP contribution in [0.3, 0.4) is 0 Å². The molecule has 0 aliphatic carbocycles. The third-order valence-electron chi connectivity index (χ3n) is 3.32. The second kappa shape index (κ2) is 6.21. The lowest BCUT2D eigenvalue weighted by Crippen LogP contribution is -2.50. The standard InChI is InChI=1S/C12H24N2O3/c1-4-14(5-2)11(15)13(3)10-12(16)6-8-17-9-7-12/h16H,4-10H2,1-3H3. The molecule has 0 bridgehead atoms. The molecule has 1 aliphatic rings. The fraction of sp³-hybridized carbons (Fsp3) is 0.917. The molecule has 2 amide bonds. The third kappa shape index (κ3) is 3.85. The summed E-state index contributed by atoms with van der Waals surface area (Å²) in [7, 11) is 1.74. The minimum Gasteiger partial charge on any atom is -0.388 e. The van der Waals surface area contributed by atoms with Crippen LogP contribution < -0.4 is 0 Å². The molecular formula is C12H24N2O3. The SMILES string of the molecule is CCN(CC)C(=O)N(C)CC1(O)CCOCC1. The van der Waals surface area contributed by atoms with Crippen LogP contribution in [0.2, 0.25) is 0 Å². The predicted octanol–water partition coefficient (Wildman–Crippen LogP) is 0.921. The number of urea groups is 1. The van der Waals surface area contributed by atoms with Crippen LogP contribution in [0.15, 0.2) is 0 Å². The maximum absolute atomic E-state index is 12.0. The average Bonchev–Trinajstić information content (AvgIpc) is 2.30. The van der Waals surface area contributed by atoms with E-state index in [-0.39, 0.29) is 6.03 Å². The van der Waals surface area contributed by atoms with E-state index in [2.05, 4.69) is 0 Å². The van der Waals surface area contributed by atoms with E-state index >= 15 is 0 Å². The Balaban J connectivity index is 2.52. The second-order valence-electron chi connectivity index (χ2n) is 4.65. The number of carbonyl (C=O) groups excluding carboxylic acids is 1. The Bertz CT molecular complexity index is 248. The summed E-state index contributed by atoms with van der Waals surface area (Å²) < 4.78 is 5.22. The van der Waals surface area contributed by atoms with Crippen LogP contribution in [0.1, 0.15) is 26.7 Å². The summed E-state index contributed by atoms with van der Waals surface area (Å²) in [5.74, 6) is 0. The van der Waals surface area contributed by atoms with E-state index in [1.165, 1.54) is 0 Å². The number of aliphatic hydroxyl groups is 1. The zero-order valence-electron chi connectivity index (χ0n) is 11.1. The van der Waals surface area contributed by atoms with Gasteiger partial charge in [0, 0.05) is 46.2 Å². The number of likely N-dealkylation sites (N-methyl/N-ethyl adjacent to an activating group) is 1. The molecular weight excluding hydrogens is 220 g/mol. The Hall–Kier alpha value is -0.810. The van der Waals surface area contributed by atoms with Gasteiger partial charge in [-0.25, -0.2) is 4.79 Å². The van der Waals surface area contributed by atoms with Crippen LogP contribution in [0.4, 0.5) is 4.79 Å². The highest BCUT2D eigenvalue weighted by Crippen LogP contribution is 2.21. The van der Waals surface area contributed by atoms with Crippen molar-refractivity contribution >= 4 is 6.03 Å². The Morgan fingerprint density at radius 1 is 1.29 bits per heavy atom. The van der Waals surface area contributed by atoms with E-state index in [9.17, 15) is 9.90 Å². The summed E-state index contributed by atoms with van der Waals surface area (Å²) in [5.41, 5.74) is -0.782. The molecule has 1 N–H and O–H groups in total. The van der Waals surface area contributed by atoms with Crippen molar-refractivity contribution in [3.8, 4) is 0 Å². The first-order chi connectivity index (χ1) is 8.02. The molecule has 0 radical (unpaired) electrons. The van der Waals surface area contributed by atoms with Gasteiger partial charge in [-0.2, -0.15) is 0 Å². The fourth-order valence-corrected chi connectivity index (χ4v) is 2.15. The number of carbonyl (C=O) groups is 1. The first-order valence-electron chi connectivity index (χ1n) is 6.32. The van der Waals surface area contributed by atoms with Crippen molar-refractivity contribution < 1.29 is 14.6 Å². The largest absolute Gasteiger partial charge is 0.388 e. The van der Waals surface area contributed by atoms with Crippen molar-refractivity contribution in [2.75, 3.05) is 39.9 Å². The van der Waals surface area contributed by atoms with Crippen molar-refractivity contribution in [3.63, 3.8) is 0 Å². The summed E-state index contributed by atoms with van der Waals surface area (Å²) in [5, 5.41) is 10.3. The van der Waals surface area contributed by atoms with Crippen LogP contribution >= 0.6 is 0 Å². The van der Waals surface area contributed by atoms with Crippen LogP contribution in [0, 0.1) is 0 Å². The van der Waals surface area contributed by atoms with Gasteiger partial charge in [-0.15, -0.1) is 0 Å². The van der Waals surface area contributed by atoms with Gasteiger partial charge in [0.25, 0.3) is 0 Å². The van der Waals surface area contributed by atoms with Crippen molar-refractivity contribution in [1.29, 1.82) is 0 Å². The van der Waals surface area contributed by atoms with E-state index < -0.39 is 5.60 Å². The van der Waals surface area contributed by atoms with Gasteiger partial charge in [-0.05, 0) is 13.8 Å². The molecule has 5 heteroatoms. The maximum atomic E-state index is 12.0. The first-order valence-corrected chi connectivity index (χ1v) is 6.32. The Morgan fingerprint density at radius 2 is 1.82 bits per heavy atom. The minimum atomic E-state index is -0.782. The van der Waals surface area contributed by atoms with E-state index in [1.807, 2.05) is 13.8 Å². The van der Waals surface area contributed by atoms with E-state index in [1.54, 1.807) is 16.8 Å². The molecule has 1 rings (SSSR count). The molecule has 0 unspecified atom stereocenters. The molecule has 17 heavy (non-hydrogen) atoms. The molecule has 0 aromatic heterocycles. The summed E-state index contributed by atoms with van der Waals surface area (Å²) in [6, 6.07) is -0.0186. The Kier molecular flexibility index (Phi) is 5.21. The van der Waals surface area contributed by atoms with Gasteiger partial charge < -0.3 is 19.6 Å². The Morgan fingerprint density at radius 3 is 2.29 bits per heavy atom. The monoisotopic (exact) mass is 244 g/mol. The minimum absolute atomic E-state index is 0.0186. The summed E-state index contributed by atoms with van der Waals surface area (Å²) in [4.78, 5) is 15.4. The highest BCUT2D eigenvalue weighted by atomic mass is 16.5. The molecule has 5 nitrogen and oxygen atoms in total. The van der Waals surface area contributed by atoms with E-state index in [0.29, 0.717) is 45.7 Å². The molecule has 1 heterocycles. The van der Waals surface area contributed by atoms with E-state index in [0.717, 1.165) is 0 Å². The average molecular weight is 244 g/mol. The number of nitrogens with zero attached hydrogens (tertiary/aromatic N) is 2. The van der Waals surface area contributed by atoms with Gasteiger partial charge in [-0.3, -0.25) is 0 Å². The van der Waals surface area contributed by atoms with Gasteiger partial charge in [0.15, 0.2) is 0 Å². The predicted molar refractivity (Wildman–Crippen MR) is 65.9 cm³/mol. The molecule has 0 aromatic carbocycles. The summed E-state index contributed by atoms with van der Waals surface area (Å²) >= 11 is 0.